The highest BCUT2D eigenvalue weighted by Gasteiger charge is 2.21. The molecule has 2 N–H and O–H groups in total. The third kappa shape index (κ3) is 4.50. The number of nitrogens with one attached hydrogen (secondary N) is 2. The molecule has 5 rings (SSSR count). The fourth-order valence-electron chi connectivity index (χ4n) is 5.10. The van der Waals surface area contributed by atoms with E-state index in [1.165, 1.54) is 23.1 Å². The zero-order valence-electron chi connectivity index (χ0n) is 18.9. The average Bonchev–Trinajstić information content (AvgIpc) is 3.48. The van der Waals surface area contributed by atoms with Crippen molar-refractivity contribution in [2.24, 2.45) is 0 Å². The maximum atomic E-state index is 11.4. The molecule has 1 heterocycles. The lowest BCUT2D eigenvalue weighted by molar-refractivity contribution is -0.119. The van der Waals surface area contributed by atoms with Crippen LogP contribution in [-0.4, -0.2) is 25.6 Å². The van der Waals surface area contributed by atoms with Gasteiger partial charge in [-0.05, 0) is 54.0 Å². The van der Waals surface area contributed by atoms with Crippen molar-refractivity contribution in [2.45, 2.75) is 44.7 Å². The van der Waals surface area contributed by atoms with Crippen molar-refractivity contribution in [2.75, 3.05) is 13.7 Å². The summed E-state index contributed by atoms with van der Waals surface area (Å²) in [5.41, 5.74) is 8.37. The average molecular weight is 461 g/mol. The van der Waals surface area contributed by atoms with Crippen molar-refractivity contribution >= 4 is 17.5 Å². The first-order valence-electron chi connectivity index (χ1n) is 11.7. The zero-order chi connectivity index (χ0) is 22.8. The van der Waals surface area contributed by atoms with Gasteiger partial charge in [0, 0.05) is 42.2 Å². The number of halogens is 1. The molecule has 1 fully saturated rings. The fourth-order valence-corrected chi connectivity index (χ4v) is 5.44. The Kier molecular flexibility index (Phi) is 6.39. The largest absolute Gasteiger partial charge is 0.496 e. The van der Waals surface area contributed by atoms with Crippen LogP contribution in [0.15, 0.2) is 54.6 Å². The fraction of sp³-hybridized carbons (Fsp3) is 0.321. The summed E-state index contributed by atoms with van der Waals surface area (Å²) in [7, 11) is 1.70. The van der Waals surface area contributed by atoms with Gasteiger partial charge in [-0.2, -0.15) is 0 Å². The van der Waals surface area contributed by atoms with E-state index >= 15 is 0 Å². The van der Waals surface area contributed by atoms with Gasteiger partial charge in [-0.15, -0.1) is 0 Å². The molecule has 5 heteroatoms. The summed E-state index contributed by atoms with van der Waals surface area (Å²) in [6, 6.07) is 19.3. The Morgan fingerprint density at radius 2 is 1.85 bits per heavy atom. The molecule has 0 saturated carbocycles. The molecular formula is C28H29ClN2O2. The van der Waals surface area contributed by atoms with Crippen molar-refractivity contribution in [1.29, 1.82) is 0 Å². The smallest absolute Gasteiger partial charge is 0.220 e. The standard InChI is InChI=1S/C28H29ClN2O2/c1-33-26-15-19(11-12-20(26)16-30-17-21-13-14-27(32)31-21)23-8-4-10-25(28(23)29)24-9-3-6-18-5-2-7-22(18)24/h3-4,6,8-12,15,21,30H,2,5,7,13-14,16-17H2,1H3,(H,31,32). The van der Waals surface area contributed by atoms with Crippen LogP contribution in [0.5, 0.6) is 5.75 Å². The van der Waals surface area contributed by atoms with Gasteiger partial charge in [0.25, 0.3) is 0 Å². The predicted octanol–water partition coefficient (Wildman–Crippen LogP) is 5.54. The molecule has 4 nitrogen and oxygen atoms in total. The molecule has 1 unspecified atom stereocenters. The molecular weight excluding hydrogens is 432 g/mol. The summed E-state index contributed by atoms with van der Waals surface area (Å²) in [5, 5.41) is 7.22. The Labute approximate surface area is 200 Å². The van der Waals surface area contributed by atoms with Crippen LogP contribution in [0.2, 0.25) is 5.02 Å². The van der Waals surface area contributed by atoms with Crippen LogP contribution in [-0.2, 0) is 24.2 Å². The molecule has 0 spiro atoms. The first-order chi connectivity index (χ1) is 16.1. The third-order valence-corrected chi connectivity index (χ3v) is 7.23. The highest BCUT2D eigenvalue weighted by atomic mass is 35.5. The van der Waals surface area contributed by atoms with Crippen LogP contribution in [0.4, 0.5) is 0 Å². The zero-order valence-corrected chi connectivity index (χ0v) is 19.7. The minimum atomic E-state index is 0.142. The van der Waals surface area contributed by atoms with E-state index in [9.17, 15) is 4.79 Å². The Balaban J connectivity index is 1.39. The summed E-state index contributed by atoms with van der Waals surface area (Å²) in [5.74, 6) is 0.973. The van der Waals surface area contributed by atoms with E-state index in [0.717, 1.165) is 58.8 Å². The maximum Gasteiger partial charge on any atom is 0.220 e. The quantitative estimate of drug-likeness (QED) is 0.486. The lowest BCUT2D eigenvalue weighted by Crippen LogP contribution is -2.35. The maximum absolute atomic E-state index is 11.4. The number of aryl methyl sites for hydroxylation is 1. The van der Waals surface area contributed by atoms with Crippen molar-refractivity contribution < 1.29 is 9.53 Å². The molecule has 1 amide bonds. The first kappa shape index (κ1) is 22.0. The molecule has 2 aliphatic rings. The number of fused-ring (bicyclic) bond motifs is 1. The molecule has 170 valence electrons. The van der Waals surface area contributed by atoms with Crippen LogP contribution in [0.3, 0.4) is 0 Å². The van der Waals surface area contributed by atoms with E-state index in [1.807, 2.05) is 0 Å². The molecule has 0 aromatic heterocycles. The molecule has 1 atom stereocenters. The second kappa shape index (κ2) is 9.58. The summed E-state index contributed by atoms with van der Waals surface area (Å²) in [4.78, 5) is 11.4. The Bertz CT molecular complexity index is 1190. The SMILES string of the molecule is COc1cc(-c2cccc(-c3cccc4c3CCC4)c2Cl)ccc1CNCC1CCC(=O)N1. The van der Waals surface area contributed by atoms with Gasteiger partial charge in [-0.1, -0.05) is 60.1 Å². The first-order valence-corrected chi connectivity index (χ1v) is 12.1. The second-order valence-corrected chi connectivity index (χ2v) is 9.30. The van der Waals surface area contributed by atoms with Crippen molar-refractivity contribution in [3.8, 4) is 28.0 Å². The summed E-state index contributed by atoms with van der Waals surface area (Å²) in [6.07, 6.45) is 4.99. The predicted molar refractivity (Wildman–Crippen MR) is 134 cm³/mol. The van der Waals surface area contributed by atoms with E-state index in [2.05, 4.69) is 65.2 Å². The van der Waals surface area contributed by atoms with Gasteiger partial charge in [0.15, 0.2) is 0 Å². The number of rotatable bonds is 7. The summed E-state index contributed by atoms with van der Waals surface area (Å²) in [6.45, 7) is 1.44. The number of hydrogen-bond acceptors (Lipinski definition) is 3. The third-order valence-electron chi connectivity index (χ3n) is 6.82. The van der Waals surface area contributed by atoms with E-state index in [4.69, 9.17) is 16.3 Å². The Morgan fingerprint density at radius 1 is 1.03 bits per heavy atom. The number of ether oxygens (including phenoxy) is 1. The van der Waals surface area contributed by atoms with E-state index in [1.54, 1.807) is 7.11 Å². The van der Waals surface area contributed by atoms with Crippen LogP contribution in [0.1, 0.15) is 36.0 Å². The highest BCUT2D eigenvalue weighted by molar-refractivity contribution is 6.36. The molecule has 1 aliphatic carbocycles. The van der Waals surface area contributed by atoms with Gasteiger partial charge in [0.05, 0.1) is 12.1 Å². The van der Waals surface area contributed by atoms with Gasteiger partial charge < -0.3 is 15.4 Å². The number of carbonyl (C=O) groups excluding carboxylic acids is 1. The summed E-state index contributed by atoms with van der Waals surface area (Å²) < 4.78 is 5.71. The molecule has 3 aromatic carbocycles. The Morgan fingerprint density at radius 3 is 2.67 bits per heavy atom. The molecule has 0 radical (unpaired) electrons. The van der Waals surface area contributed by atoms with Gasteiger partial charge in [-0.25, -0.2) is 0 Å². The molecule has 0 bridgehead atoms. The molecule has 1 aliphatic heterocycles. The van der Waals surface area contributed by atoms with Crippen LogP contribution >= 0.6 is 11.6 Å². The molecule has 3 aromatic rings. The van der Waals surface area contributed by atoms with Gasteiger partial charge in [0.2, 0.25) is 5.91 Å². The number of amides is 1. The Hall–Kier alpha value is -2.82. The second-order valence-electron chi connectivity index (χ2n) is 8.92. The normalized spacial score (nSPS) is 17.2. The van der Waals surface area contributed by atoms with Crippen LogP contribution < -0.4 is 15.4 Å². The topological polar surface area (TPSA) is 50.4 Å². The van der Waals surface area contributed by atoms with Gasteiger partial charge >= 0.3 is 0 Å². The number of hydrogen-bond donors (Lipinski definition) is 2. The van der Waals surface area contributed by atoms with Crippen LogP contribution in [0, 0.1) is 0 Å². The van der Waals surface area contributed by atoms with E-state index < -0.39 is 0 Å². The van der Waals surface area contributed by atoms with Crippen molar-refractivity contribution in [3.05, 3.63) is 76.3 Å². The lowest BCUT2D eigenvalue weighted by Gasteiger charge is -2.16. The van der Waals surface area contributed by atoms with Crippen LogP contribution in [0.25, 0.3) is 22.3 Å². The lowest BCUT2D eigenvalue weighted by atomic mass is 9.93. The number of benzene rings is 3. The van der Waals surface area contributed by atoms with Gasteiger partial charge in [0.1, 0.15) is 5.75 Å². The van der Waals surface area contributed by atoms with Crippen molar-refractivity contribution in [1.82, 2.24) is 10.6 Å². The minimum Gasteiger partial charge on any atom is -0.496 e. The molecule has 1 saturated heterocycles. The number of methoxy groups -OCH3 is 1. The van der Waals surface area contributed by atoms with Gasteiger partial charge in [-0.3, -0.25) is 4.79 Å². The van der Waals surface area contributed by atoms with Crippen molar-refractivity contribution in [3.63, 3.8) is 0 Å². The number of carbonyl (C=O) groups is 1. The summed E-state index contributed by atoms with van der Waals surface area (Å²) >= 11 is 7.00. The minimum absolute atomic E-state index is 0.142. The molecule has 33 heavy (non-hydrogen) atoms. The monoisotopic (exact) mass is 460 g/mol. The van der Waals surface area contributed by atoms with E-state index in [0.29, 0.717) is 13.0 Å². The van der Waals surface area contributed by atoms with E-state index in [-0.39, 0.29) is 11.9 Å². The highest BCUT2D eigenvalue weighted by Crippen LogP contribution is 2.41.